The van der Waals surface area contributed by atoms with E-state index in [1.54, 1.807) is 19.2 Å². The number of phenols is 2. The van der Waals surface area contributed by atoms with Gasteiger partial charge in [-0.25, -0.2) is 4.98 Å². The number of hydrogen-bond donors (Lipinski definition) is 3. The molecule has 0 atom stereocenters. The number of nitrogens with zero attached hydrogens (tertiary/aromatic N) is 1. The number of aromatic hydroxyl groups is 2. The molecule has 3 aromatic rings. The Morgan fingerprint density at radius 3 is 2.53 bits per heavy atom. The van der Waals surface area contributed by atoms with Crippen LogP contribution in [0.4, 0.5) is 0 Å². The number of phenolic OH excluding ortho intramolecular Hbond substituents is 2. The number of aromatic nitrogens is 2. The number of methoxy groups -OCH3 is 1. The molecule has 5 heteroatoms. The summed E-state index contributed by atoms with van der Waals surface area (Å²) in [5.41, 5.74) is 1.80. The molecular weight excluding hydrogens is 244 g/mol. The molecule has 96 valence electrons. The van der Waals surface area contributed by atoms with Crippen molar-refractivity contribution in [3.05, 3.63) is 36.4 Å². The van der Waals surface area contributed by atoms with E-state index < -0.39 is 0 Å². The lowest BCUT2D eigenvalue weighted by Gasteiger charge is -2.02. The second-order valence-corrected chi connectivity index (χ2v) is 4.14. The van der Waals surface area contributed by atoms with E-state index in [1.807, 2.05) is 12.1 Å². The van der Waals surface area contributed by atoms with Gasteiger partial charge in [0.25, 0.3) is 0 Å². The van der Waals surface area contributed by atoms with Gasteiger partial charge >= 0.3 is 0 Å². The summed E-state index contributed by atoms with van der Waals surface area (Å²) in [5, 5.41) is 19.7. The van der Waals surface area contributed by atoms with Crippen LogP contribution in [0, 0.1) is 0 Å². The normalized spacial score (nSPS) is 10.8. The number of nitrogens with one attached hydrogen (secondary N) is 1. The Morgan fingerprint density at radius 1 is 1.11 bits per heavy atom. The van der Waals surface area contributed by atoms with Crippen molar-refractivity contribution in [3.63, 3.8) is 0 Å². The molecule has 0 bridgehead atoms. The number of rotatable bonds is 2. The smallest absolute Gasteiger partial charge is 0.146 e. The molecule has 2 aromatic carbocycles. The molecule has 0 saturated heterocycles. The summed E-state index contributed by atoms with van der Waals surface area (Å²) >= 11 is 0. The van der Waals surface area contributed by atoms with E-state index in [2.05, 4.69) is 9.97 Å². The van der Waals surface area contributed by atoms with Gasteiger partial charge in [0.05, 0.1) is 18.1 Å². The molecule has 19 heavy (non-hydrogen) atoms. The van der Waals surface area contributed by atoms with Gasteiger partial charge in [0.1, 0.15) is 28.6 Å². The van der Waals surface area contributed by atoms with Gasteiger partial charge in [0, 0.05) is 6.07 Å². The van der Waals surface area contributed by atoms with Gasteiger partial charge < -0.3 is 19.9 Å². The summed E-state index contributed by atoms with van der Waals surface area (Å²) in [4.78, 5) is 7.41. The first kappa shape index (κ1) is 11.4. The SMILES string of the molecule is COc1ccc2nc(-c3c(O)cccc3O)[nH]c2c1. The Hall–Kier alpha value is -2.69. The van der Waals surface area contributed by atoms with Crippen molar-refractivity contribution in [2.75, 3.05) is 7.11 Å². The number of hydrogen-bond acceptors (Lipinski definition) is 4. The Bertz CT molecular complexity index is 729. The first-order chi connectivity index (χ1) is 9.19. The highest BCUT2D eigenvalue weighted by atomic mass is 16.5. The largest absolute Gasteiger partial charge is 0.507 e. The molecule has 0 radical (unpaired) electrons. The number of H-pyrrole nitrogens is 1. The molecule has 1 aromatic heterocycles. The second kappa shape index (κ2) is 4.20. The summed E-state index contributed by atoms with van der Waals surface area (Å²) in [7, 11) is 1.59. The third-order valence-electron chi connectivity index (χ3n) is 2.95. The van der Waals surface area contributed by atoms with Gasteiger partial charge in [-0.05, 0) is 24.3 Å². The lowest BCUT2D eigenvalue weighted by atomic mass is 10.1. The molecule has 3 rings (SSSR count). The van der Waals surface area contributed by atoms with E-state index >= 15 is 0 Å². The lowest BCUT2D eigenvalue weighted by Crippen LogP contribution is -1.82. The first-order valence-corrected chi connectivity index (χ1v) is 5.74. The van der Waals surface area contributed by atoms with Crippen LogP contribution in [-0.4, -0.2) is 27.3 Å². The van der Waals surface area contributed by atoms with Crippen LogP contribution in [0.15, 0.2) is 36.4 Å². The van der Waals surface area contributed by atoms with Crippen LogP contribution in [0.5, 0.6) is 17.2 Å². The van der Waals surface area contributed by atoms with Crippen LogP contribution >= 0.6 is 0 Å². The third kappa shape index (κ3) is 1.85. The van der Waals surface area contributed by atoms with Crippen molar-refractivity contribution >= 4 is 11.0 Å². The van der Waals surface area contributed by atoms with Crippen LogP contribution < -0.4 is 4.74 Å². The number of ether oxygens (including phenoxy) is 1. The van der Waals surface area contributed by atoms with Crippen LogP contribution in [0.3, 0.4) is 0 Å². The fraction of sp³-hybridized carbons (Fsp3) is 0.0714. The number of aromatic amines is 1. The Labute approximate surface area is 109 Å². The summed E-state index contributed by atoms with van der Waals surface area (Å²) < 4.78 is 5.14. The van der Waals surface area contributed by atoms with Gasteiger partial charge in [0.15, 0.2) is 0 Å². The van der Waals surface area contributed by atoms with Gasteiger partial charge in [0.2, 0.25) is 0 Å². The third-order valence-corrected chi connectivity index (χ3v) is 2.95. The van der Waals surface area contributed by atoms with E-state index in [0.29, 0.717) is 11.6 Å². The average Bonchev–Trinajstić information content (AvgIpc) is 2.80. The number of benzene rings is 2. The van der Waals surface area contributed by atoms with Crippen LogP contribution in [0.2, 0.25) is 0 Å². The maximum Gasteiger partial charge on any atom is 0.146 e. The molecule has 0 unspecified atom stereocenters. The summed E-state index contributed by atoms with van der Waals surface area (Å²) in [6, 6.07) is 10.00. The zero-order valence-electron chi connectivity index (χ0n) is 10.2. The molecule has 0 aliphatic carbocycles. The maximum absolute atomic E-state index is 9.83. The van der Waals surface area contributed by atoms with Crippen molar-refractivity contribution in [3.8, 4) is 28.6 Å². The zero-order chi connectivity index (χ0) is 13.4. The van der Waals surface area contributed by atoms with E-state index in [-0.39, 0.29) is 17.1 Å². The van der Waals surface area contributed by atoms with Gasteiger partial charge in [-0.1, -0.05) is 6.07 Å². The predicted octanol–water partition coefficient (Wildman–Crippen LogP) is 2.65. The molecule has 0 aliphatic rings. The highest BCUT2D eigenvalue weighted by molar-refractivity contribution is 5.83. The van der Waals surface area contributed by atoms with Gasteiger partial charge in [-0.2, -0.15) is 0 Å². The lowest BCUT2D eigenvalue weighted by molar-refractivity contribution is 0.415. The maximum atomic E-state index is 9.83. The molecule has 1 heterocycles. The quantitative estimate of drug-likeness (QED) is 0.658. The Kier molecular flexibility index (Phi) is 2.52. The molecule has 0 saturated carbocycles. The minimum absolute atomic E-state index is 0.0222. The highest BCUT2D eigenvalue weighted by Gasteiger charge is 2.14. The summed E-state index contributed by atoms with van der Waals surface area (Å²) in [5.74, 6) is 1.08. The molecule has 3 N–H and O–H groups in total. The van der Waals surface area contributed by atoms with Crippen LogP contribution in [0.25, 0.3) is 22.4 Å². The average molecular weight is 256 g/mol. The molecule has 0 aliphatic heterocycles. The van der Waals surface area contributed by atoms with Crippen LogP contribution in [-0.2, 0) is 0 Å². The van der Waals surface area contributed by atoms with Crippen LogP contribution in [0.1, 0.15) is 0 Å². The van der Waals surface area contributed by atoms with Crippen molar-refractivity contribution < 1.29 is 14.9 Å². The van der Waals surface area contributed by atoms with E-state index in [1.165, 1.54) is 12.1 Å². The van der Waals surface area contributed by atoms with E-state index in [0.717, 1.165) is 11.0 Å². The minimum atomic E-state index is -0.0222. The van der Waals surface area contributed by atoms with E-state index in [4.69, 9.17) is 4.74 Å². The zero-order valence-corrected chi connectivity index (χ0v) is 10.2. The minimum Gasteiger partial charge on any atom is -0.507 e. The molecule has 5 nitrogen and oxygen atoms in total. The summed E-state index contributed by atoms with van der Waals surface area (Å²) in [6.45, 7) is 0. The first-order valence-electron chi connectivity index (χ1n) is 5.74. The van der Waals surface area contributed by atoms with Gasteiger partial charge in [-0.15, -0.1) is 0 Å². The second-order valence-electron chi connectivity index (χ2n) is 4.14. The topological polar surface area (TPSA) is 78.4 Å². The monoisotopic (exact) mass is 256 g/mol. The molecular formula is C14H12N2O3. The number of imidazole rings is 1. The van der Waals surface area contributed by atoms with Crippen molar-refractivity contribution in [2.24, 2.45) is 0 Å². The summed E-state index contributed by atoms with van der Waals surface area (Å²) in [6.07, 6.45) is 0. The fourth-order valence-electron chi connectivity index (χ4n) is 2.01. The highest BCUT2D eigenvalue weighted by Crippen LogP contribution is 2.36. The van der Waals surface area contributed by atoms with Crippen molar-refractivity contribution in [1.29, 1.82) is 0 Å². The molecule has 0 fully saturated rings. The van der Waals surface area contributed by atoms with Gasteiger partial charge in [-0.3, -0.25) is 0 Å². The Balaban J connectivity index is 2.21. The Morgan fingerprint density at radius 2 is 1.84 bits per heavy atom. The van der Waals surface area contributed by atoms with E-state index in [9.17, 15) is 10.2 Å². The number of fused-ring (bicyclic) bond motifs is 1. The molecule has 0 amide bonds. The molecule has 0 spiro atoms. The predicted molar refractivity (Wildman–Crippen MR) is 71.4 cm³/mol. The van der Waals surface area contributed by atoms with Crippen molar-refractivity contribution in [1.82, 2.24) is 9.97 Å². The standard InChI is InChI=1S/C14H12N2O3/c1-19-8-5-6-9-10(7-8)16-14(15-9)13-11(17)3-2-4-12(13)18/h2-7,17-18H,1H3,(H,15,16). The fourth-order valence-corrected chi connectivity index (χ4v) is 2.01. The van der Waals surface area contributed by atoms with Crippen molar-refractivity contribution in [2.45, 2.75) is 0 Å².